The smallest absolute Gasteiger partial charge is 0.265 e. The van der Waals surface area contributed by atoms with Crippen molar-refractivity contribution in [1.82, 2.24) is 0 Å². The molecule has 1 aromatic heterocycles. The van der Waals surface area contributed by atoms with Crippen molar-refractivity contribution in [2.45, 2.75) is 8.42 Å². The third-order valence-electron chi connectivity index (χ3n) is 0.543. The van der Waals surface area contributed by atoms with Gasteiger partial charge in [-0.1, -0.05) is 22.7 Å². The number of hydrogen-bond acceptors (Lipinski definition) is 5. The Hall–Kier alpha value is 2.55. The van der Waals surface area contributed by atoms with Crippen molar-refractivity contribution in [3.8, 4) is 0 Å². The second-order valence-corrected chi connectivity index (χ2v) is 4.79. The van der Waals surface area contributed by atoms with Crippen LogP contribution in [0, 0.1) is 0 Å². The van der Waals surface area contributed by atoms with Gasteiger partial charge in [-0.2, -0.15) is 0 Å². The standard InChI is InChI=1S/C3H2OS4.2Na/c4-3-7-1(5)2(6)8-3;;/h5-6H;;. The Balaban J connectivity index is 0. The predicted octanol–water partition coefficient (Wildman–Crippen LogP) is 0.986. The first-order valence-corrected chi connectivity index (χ1v) is 4.25. The molecule has 2 radical (unpaired) electrons. The third kappa shape index (κ3) is 4.54. The molecule has 46 valence electrons. The molecule has 7 heteroatoms. The van der Waals surface area contributed by atoms with Gasteiger partial charge in [0.15, 0.2) is 0 Å². The van der Waals surface area contributed by atoms with E-state index in [1.54, 1.807) is 0 Å². The normalized spacial score (nSPS) is 7.80. The first-order valence-electron chi connectivity index (χ1n) is 1.72. The molecule has 0 aliphatic rings. The van der Waals surface area contributed by atoms with Crippen LogP contribution in [0.4, 0.5) is 0 Å². The van der Waals surface area contributed by atoms with Crippen LogP contribution in [0.25, 0.3) is 0 Å². The zero-order valence-corrected chi connectivity index (χ0v) is 13.0. The molecule has 1 heterocycles. The van der Waals surface area contributed by atoms with Crippen LogP contribution in [0.1, 0.15) is 0 Å². The molecule has 0 aromatic carbocycles. The molecule has 0 bridgehead atoms. The maximum Gasteiger partial charge on any atom is 0.289 e. The fourth-order valence-electron chi connectivity index (χ4n) is 0.266. The van der Waals surface area contributed by atoms with Gasteiger partial charge < -0.3 is 0 Å². The van der Waals surface area contributed by atoms with Crippen LogP contribution < -0.4 is 4.06 Å². The summed E-state index contributed by atoms with van der Waals surface area (Å²) in [6.07, 6.45) is 0. The SMILES string of the molecule is O=c1sc(S)c(S)s1.[Na].[Na]. The van der Waals surface area contributed by atoms with Crippen molar-refractivity contribution < 1.29 is 0 Å². The van der Waals surface area contributed by atoms with Crippen molar-refractivity contribution in [2.24, 2.45) is 0 Å². The molecule has 0 N–H and O–H groups in total. The van der Waals surface area contributed by atoms with Crippen LogP contribution in [-0.2, 0) is 0 Å². The first-order chi connectivity index (χ1) is 3.70. The molecule has 0 saturated heterocycles. The molecule has 1 aromatic rings. The average Bonchev–Trinajstić information content (AvgIpc) is 1.85. The van der Waals surface area contributed by atoms with E-state index < -0.39 is 0 Å². The molecule has 0 atom stereocenters. The molecule has 1 rings (SSSR count). The van der Waals surface area contributed by atoms with Crippen molar-refractivity contribution in [2.75, 3.05) is 0 Å². The minimum Gasteiger partial charge on any atom is -0.265 e. The summed E-state index contributed by atoms with van der Waals surface area (Å²) in [5.41, 5.74) is 0. The van der Waals surface area contributed by atoms with Gasteiger partial charge in [0.25, 0.3) is 4.06 Å². The van der Waals surface area contributed by atoms with Gasteiger partial charge in [0.2, 0.25) is 0 Å². The van der Waals surface area contributed by atoms with Gasteiger partial charge in [0.1, 0.15) is 0 Å². The Kier molecular flexibility index (Phi) is 10.5. The van der Waals surface area contributed by atoms with Crippen molar-refractivity contribution in [3.63, 3.8) is 0 Å². The molecular formula is C3H2Na2OS4. The molecule has 0 unspecified atom stereocenters. The summed E-state index contributed by atoms with van der Waals surface area (Å²) in [6.45, 7) is 0. The zero-order chi connectivity index (χ0) is 6.15. The van der Waals surface area contributed by atoms with E-state index in [0.29, 0.717) is 8.42 Å². The Morgan fingerprint density at radius 1 is 1.00 bits per heavy atom. The molecule has 0 spiro atoms. The first kappa shape index (κ1) is 15.0. The Morgan fingerprint density at radius 3 is 1.40 bits per heavy atom. The van der Waals surface area contributed by atoms with Crippen molar-refractivity contribution >= 4 is 107 Å². The number of hydrogen-bond donors (Lipinski definition) is 2. The van der Waals surface area contributed by atoms with Gasteiger partial charge in [-0.15, -0.1) is 25.3 Å². The fourth-order valence-corrected chi connectivity index (χ4v) is 2.81. The van der Waals surface area contributed by atoms with E-state index >= 15 is 0 Å². The minimum absolute atomic E-state index is 0. The summed E-state index contributed by atoms with van der Waals surface area (Å²) >= 11 is 10.2. The Morgan fingerprint density at radius 2 is 1.30 bits per heavy atom. The average molecular weight is 228 g/mol. The largest absolute Gasteiger partial charge is 0.289 e. The van der Waals surface area contributed by atoms with E-state index in [0.717, 1.165) is 22.7 Å². The van der Waals surface area contributed by atoms with Gasteiger partial charge >= 0.3 is 0 Å². The van der Waals surface area contributed by atoms with Gasteiger partial charge in [-0.25, -0.2) is 0 Å². The molecule has 0 fully saturated rings. The van der Waals surface area contributed by atoms with Gasteiger partial charge in [0.05, 0.1) is 8.42 Å². The number of thiol groups is 2. The summed E-state index contributed by atoms with van der Waals surface area (Å²) in [6, 6.07) is 0. The van der Waals surface area contributed by atoms with Crippen LogP contribution in [0.2, 0.25) is 0 Å². The van der Waals surface area contributed by atoms with E-state index in [1.165, 1.54) is 0 Å². The summed E-state index contributed by atoms with van der Waals surface area (Å²) in [5.74, 6) is 0. The van der Waals surface area contributed by atoms with Crippen molar-refractivity contribution in [1.29, 1.82) is 0 Å². The predicted molar refractivity (Wildman–Crippen MR) is 54.5 cm³/mol. The Labute approximate surface area is 122 Å². The van der Waals surface area contributed by atoms with Crippen LogP contribution in [0.15, 0.2) is 13.2 Å². The van der Waals surface area contributed by atoms with Gasteiger partial charge in [-0.3, -0.25) is 4.79 Å². The van der Waals surface area contributed by atoms with E-state index in [2.05, 4.69) is 25.3 Å². The molecule has 10 heavy (non-hydrogen) atoms. The van der Waals surface area contributed by atoms with Gasteiger partial charge in [-0.05, 0) is 0 Å². The second kappa shape index (κ2) is 7.00. The second-order valence-electron chi connectivity index (χ2n) is 1.06. The van der Waals surface area contributed by atoms with Crippen LogP contribution >= 0.6 is 47.9 Å². The summed E-state index contributed by atoms with van der Waals surface area (Å²) < 4.78 is 1.48. The molecule has 0 aliphatic carbocycles. The van der Waals surface area contributed by atoms with E-state index in [1.807, 2.05) is 0 Å². The van der Waals surface area contributed by atoms with Crippen LogP contribution in [0.5, 0.6) is 0 Å². The Bertz CT molecular complexity index is 218. The monoisotopic (exact) mass is 228 g/mol. The number of rotatable bonds is 0. The van der Waals surface area contributed by atoms with Gasteiger partial charge in [0, 0.05) is 59.1 Å². The third-order valence-corrected chi connectivity index (χ3v) is 3.77. The van der Waals surface area contributed by atoms with E-state index in [-0.39, 0.29) is 63.2 Å². The zero-order valence-electron chi connectivity index (χ0n) is 5.62. The van der Waals surface area contributed by atoms with Crippen LogP contribution in [0.3, 0.4) is 0 Å². The quantitative estimate of drug-likeness (QED) is 0.500. The molecule has 0 aliphatic heterocycles. The maximum absolute atomic E-state index is 10.5. The van der Waals surface area contributed by atoms with E-state index in [9.17, 15) is 4.79 Å². The topological polar surface area (TPSA) is 17.1 Å². The molecular weight excluding hydrogens is 226 g/mol. The molecule has 1 nitrogen and oxygen atoms in total. The summed E-state index contributed by atoms with van der Waals surface area (Å²) in [4.78, 5) is 10.5. The van der Waals surface area contributed by atoms with Crippen molar-refractivity contribution in [3.05, 3.63) is 8.85 Å². The van der Waals surface area contributed by atoms with Crippen LogP contribution in [-0.4, -0.2) is 59.1 Å². The van der Waals surface area contributed by atoms with E-state index in [4.69, 9.17) is 0 Å². The molecule has 0 amide bonds. The maximum atomic E-state index is 10.5. The fraction of sp³-hybridized carbons (Fsp3) is 0. The summed E-state index contributed by atoms with van der Waals surface area (Å²) in [7, 11) is 0. The minimum atomic E-state index is 0. The summed E-state index contributed by atoms with van der Waals surface area (Å²) in [5, 5.41) is 0. The molecule has 0 saturated carbocycles.